The Morgan fingerprint density at radius 3 is 2.45 bits per heavy atom. The highest BCUT2D eigenvalue weighted by Crippen LogP contribution is 2.27. The van der Waals surface area contributed by atoms with Gasteiger partial charge in [-0.2, -0.15) is 0 Å². The molecule has 0 N–H and O–H groups in total. The molecule has 0 radical (unpaired) electrons. The lowest BCUT2D eigenvalue weighted by molar-refractivity contribution is 0.0704. The number of likely N-dealkylation sites (tertiary alicyclic amines) is 1. The quantitative estimate of drug-likeness (QED) is 0.527. The predicted molar refractivity (Wildman–Crippen MR) is 113 cm³/mol. The minimum Gasteiger partial charge on any atom is -0.338 e. The summed E-state index contributed by atoms with van der Waals surface area (Å²) in [6.07, 6.45) is 3.99. The molecule has 1 amide bonds. The molecule has 5 rings (SSSR count). The largest absolute Gasteiger partial charge is 0.338 e. The minimum absolute atomic E-state index is 0.0862. The molecule has 2 aromatic heterocycles. The average Bonchev–Trinajstić information content (AvgIpc) is 3.24. The van der Waals surface area contributed by atoms with Crippen LogP contribution in [0.4, 0.5) is 0 Å². The van der Waals surface area contributed by atoms with Gasteiger partial charge >= 0.3 is 0 Å². The molecule has 0 saturated carbocycles. The van der Waals surface area contributed by atoms with Crippen molar-refractivity contribution in [3.8, 4) is 11.1 Å². The van der Waals surface area contributed by atoms with Crippen molar-refractivity contribution in [2.75, 3.05) is 13.1 Å². The maximum Gasteiger partial charge on any atom is 0.253 e. The number of pyridine rings is 1. The van der Waals surface area contributed by atoms with Crippen molar-refractivity contribution in [1.82, 2.24) is 19.5 Å². The number of rotatable bonds is 3. The van der Waals surface area contributed by atoms with E-state index < -0.39 is 0 Å². The fraction of sp³-hybridized carbons (Fsp3) is 0.208. The monoisotopic (exact) mass is 382 g/mol. The molecule has 1 aliphatic rings. The first kappa shape index (κ1) is 17.6. The normalized spacial score (nSPS) is 16.8. The van der Waals surface area contributed by atoms with Crippen LogP contribution in [0.5, 0.6) is 0 Å². The summed E-state index contributed by atoms with van der Waals surface area (Å²) in [5.41, 5.74) is 3.86. The van der Waals surface area contributed by atoms with Crippen LogP contribution in [-0.4, -0.2) is 38.5 Å². The van der Waals surface area contributed by atoms with Crippen LogP contribution < -0.4 is 0 Å². The summed E-state index contributed by atoms with van der Waals surface area (Å²) >= 11 is 0. The van der Waals surface area contributed by atoms with Gasteiger partial charge in [-0.1, -0.05) is 48.5 Å². The van der Waals surface area contributed by atoms with Gasteiger partial charge in [0.05, 0.1) is 0 Å². The molecule has 3 heterocycles. The van der Waals surface area contributed by atoms with Crippen molar-refractivity contribution in [1.29, 1.82) is 0 Å². The fourth-order valence-electron chi connectivity index (χ4n) is 4.13. The SMILES string of the molecule is O=C(c1ccc(-c2ccccc2)cc1)N1CCCC(c2nnc3ccccn23)C1. The number of hydrogen-bond donors (Lipinski definition) is 0. The summed E-state index contributed by atoms with van der Waals surface area (Å²) in [4.78, 5) is 15.1. The third-order valence-electron chi connectivity index (χ3n) is 5.65. The molecular weight excluding hydrogens is 360 g/mol. The molecule has 0 bridgehead atoms. The number of amides is 1. The maximum absolute atomic E-state index is 13.1. The van der Waals surface area contributed by atoms with Crippen molar-refractivity contribution in [3.05, 3.63) is 90.4 Å². The van der Waals surface area contributed by atoms with Crippen LogP contribution in [0.15, 0.2) is 79.0 Å². The highest BCUT2D eigenvalue weighted by atomic mass is 16.2. The maximum atomic E-state index is 13.1. The number of fused-ring (bicyclic) bond motifs is 1. The van der Waals surface area contributed by atoms with Crippen LogP contribution in [0.25, 0.3) is 16.8 Å². The predicted octanol–water partition coefficient (Wildman–Crippen LogP) is 4.42. The Kier molecular flexibility index (Phi) is 4.56. The van der Waals surface area contributed by atoms with E-state index in [1.54, 1.807) is 0 Å². The zero-order chi connectivity index (χ0) is 19.6. The Morgan fingerprint density at radius 1 is 0.862 bits per heavy atom. The fourth-order valence-corrected chi connectivity index (χ4v) is 4.13. The highest BCUT2D eigenvalue weighted by Gasteiger charge is 2.28. The molecule has 144 valence electrons. The number of aromatic nitrogens is 3. The van der Waals surface area contributed by atoms with Gasteiger partial charge in [0.15, 0.2) is 5.65 Å². The summed E-state index contributed by atoms with van der Waals surface area (Å²) in [7, 11) is 0. The Hall–Kier alpha value is -3.47. The van der Waals surface area contributed by atoms with E-state index in [2.05, 4.69) is 22.3 Å². The lowest BCUT2D eigenvalue weighted by Gasteiger charge is -2.32. The first-order valence-electron chi connectivity index (χ1n) is 10.0. The Balaban J connectivity index is 1.35. The molecule has 0 aliphatic carbocycles. The third kappa shape index (κ3) is 3.40. The van der Waals surface area contributed by atoms with Crippen molar-refractivity contribution in [2.45, 2.75) is 18.8 Å². The van der Waals surface area contributed by atoms with Crippen LogP contribution in [0.1, 0.15) is 34.9 Å². The van der Waals surface area contributed by atoms with Crippen LogP contribution in [0.2, 0.25) is 0 Å². The molecular formula is C24H22N4O. The lowest BCUT2D eigenvalue weighted by atomic mass is 9.96. The van der Waals surface area contributed by atoms with Crippen molar-refractivity contribution >= 4 is 11.6 Å². The number of carbonyl (C=O) groups excluding carboxylic acids is 1. The second kappa shape index (κ2) is 7.51. The molecule has 1 atom stereocenters. The lowest BCUT2D eigenvalue weighted by Crippen LogP contribution is -2.39. The molecule has 1 aliphatic heterocycles. The summed E-state index contributed by atoms with van der Waals surface area (Å²) in [6, 6.07) is 24.0. The molecule has 1 unspecified atom stereocenters. The second-order valence-electron chi connectivity index (χ2n) is 7.52. The molecule has 1 fully saturated rings. The van der Waals surface area contributed by atoms with Crippen molar-refractivity contribution < 1.29 is 4.79 Å². The molecule has 0 spiro atoms. The van der Waals surface area contributed by atoms with Crippen LogP contribution >= 0.6 is 0 Å². The van der Waals surface area contributed by atoms with E-state index in [4.69, 9.17) is 0 Å². The van der Waals surface area contributed by atoms with Crippen molar-refractivity contribution in [2.24, 2.45) is 0 Å². The first-order valence-corrected chi connectivity index (χ1v) is 10.0. The van der Waals surface area contributed by atoms with E-state index >= 15 is 0 Å². The third-order valence-corrected chi connectivity index (χ3v) is 5.65. The molecule has 2 aromatic carbocycles. The number of piperidine rings is 1. The number of benzene rings is 2. The van der Waals surface area contributed by atoms with E-state index in [1.807, 2.05) is 76.2 Å². The molecule has 5 nitrogen and oxygen atoms in total. The van der Waals surface area contributed by atoms with Gasteiger partial charge in [0, 0.05) is 30.8 Å². The number of carbonyl (C=O) groups is 1. The van der Waals surface area contributed by atoms with Gasteiger partial charge in [0.1, 0.15) is 5.82 Å². The molecule has 5 heteroatoms. The van der Waals surface area contributed by atoms with Crippen LogP contribution in [-0.2, 0) is 0 Å². The minimum atomic E-state index is 0.0862. The standard InChI is InChI=1S/C24H22N4O/c29-24(20-13-11-19(12-14-20)18-7-2-1-3-8-18)27-15-6-9-21(17-27)23-26-25-22-10-4-5-16-28(22)23/h1-5,7-8,10-14,16,21H,6,9,15,17H2. The Labute approximate surface area is 169 Å². The van der Waals surface area contributed by atoms with Crippen LogP contribution in [0.3, 0.4) is 0 Å². The topological polar surface area (TPSA) is 50.5 Å². The van der Waals surface area contributed by atoms with Gasteiger partial charge in [-0.3, -0.25) is 9.20 Å². The van der Waals surface area contributed by atoms with Gasteiger partial charge in [0.2, 0.25) is 0 Å². The van der Waals surface area contributed by atoms with Gasteiger partial charge in [-0.15, -0.1) is 10.2 Å². The Morgan fingerprint density at radius 2 is 1.62 bits per heavy atom. The zero-order valence-electron chi connectivity index (χ0n) is 16.1. The van der Waals surface area contributed by atoms with E-state index in [0.717, 1.165) is 47.5 Å². The Bertz CT molecular complexity index is 1130. The second-order valence-corrected chi connectivity index (χ2v) is 7.52. The van der Waals surface area contributed by atoms with Crippen LogP contribution in [0, 0.1) is 0 Å². The molecule has 29 heavy (non-hydrogen) atoms. The average molecular weight is 382 g/mol. The number of nitrogens with zero attached hydrogens (tertiary/aromatic N) is 4. The zero-order valence-corrected chi connectivity index (χ0v) is 16.1. The summed E-state index contributed by atoms with van der Waals surface area (Å²) < 4.78 is 2.04. The van der Waals surface area contributed by atoms with Gasteiger partial charge in [-0.25, -0.2) is 0 Å². The smallest absolute Gasteiger partial charge is 0.253 e. The van der Waals surface area contributed by atoms with E-state index in [9.17, 15) is 4.79 Å². The van der Waals surface area contributed by atoms with Gasteiger partial charge in [-0.05, 0) is 48.2 Å². The molecule has 1 saturated heterocycles. The number of hydrogen-bond acceptors (Lipinski definition) is 3. The van der Waals surface area contributed by atoms with Gasteiger partial charge in [0.25, 0.3) is 5.91 Å². The summed E-state index contributed by atoms with van der Waals surface area (Å²) in [5, 5.41) is 8.68. The molecule has 4 aromatic rings. The van der Waals surface area contributed by atoms with E-state index in [1.165, 1.54) is 0 Å². The van der Waals surface area contributed by atoms with Gasteiger partial charge < -0.3 is 4.90 Å². The summed E-state index contributed by atoms with van der Waals surface area (Å²) in [5.74, 6) is 1.23. The first-order chi connectivity index (χ1) is 14.3. The van der Waals surface area contributed by atoms with E-state index in [-0.39, 0.29) is 11.8 Å². The summed E-state index contributed by atoms with van der Waals surface area (Å²) in [6.45, 7) is 1.46. The van der Waals surface area contributed by atoms with Crippen molar-refractivity contribution in [3.63, 3.8) is 0 Å². The van der Waals surface area contributed by atoms with E-state index in [0.29, 0.717) is 6.54 Å². The highest BCUT2D eigenvalue weighted by molar-refractivity contribution is 5.94.